The van der Waals surface area contributed by atoms with Gasteiger partial charge in [-0.25, -0.2) is 14.4 Å². The zero-order valence-corrected chi connectivity index (χ0v) is 17.7. The van der Waals surface area contributed by atoms with E-state index in [4.69, 9.17) is 9.47 Å². The van der Waals surface area contributed by atoms with Crippen LogP contribution in [0.3, 0.4) is 0 Å². The molecule has 8 nitrogen and oxygen atoms in total. The molecule has 0 aliphatic rings. The van der Waals surface area contributed by atoms with Crippen molar-refractivity contribution >= 4 is 18.2 Å². The molecule has 2 amide bonds. The van der Waals surface area contributed by atoms with Gasteiger partial charge < -0.3 is 25.2 Å². The minimum absolute atomic E-state index is 0.128. The highest BCUT2D eigenvalue weighted by molar-refractivity contribution is 5.86. The van der Waals surface area contributed by atoms with Crippen LogP contribution in [0, 0.1) is 5.41 Å². The third-order valence-corrected chi connectivity index (χ3v) is 2.99. The van der Waals surface area contributed by atoms with Crippen LogP contribution in [-0.2, 0) is 14.3 Å². The number of aliphatic carboxylic acids is 1. The van der Waals surface area contributed by atoms with E-state index in [1.54, 1.807) is 61.5 Å². The highest BCUT2D eigenvalue weighted by Crippen LogP contribution is 2.20. The second-order valence-electron chi connectivity index (χ2n) is 9.00. The molecule has 0 aliphatic heterocycles. The smallest absolute Gasteiger partial charge is 0.407 e. The van der Waals surface area contributed by atoms with E-state index < -0.39 is 34.8 Å². The summed E-state index contributed by atoms with van der Waals surface area (Å²) in [7, 11) is 0. The lowest BCUT2D eigenvalue weighted by Crippen LogP contribution is -2.37. The number of carbonyl (C=O) groups excluding carboxylic acids is 2. The van der Waals surface area contributed by atoms with Crippen LogP contribution in [-0.4, -0.2) is 47.6 Å². The van der Waals surface area contributed by atoms with Gasteiger partial charge in [0, 0.05) is 24.1 Å². The van der Waals surface area contributed by atoms with Gasteiger partial charge in [-0.2, -0.15) is 0 Å². The number of carboxylic acid groups (broad SMARTS) is 1. The molecule has 0 radical (unpaired) electrons. The number of rotatable bonds is 7. The maximum atomic E-state index is 11.8. The molecule has 0 aliphatic carbocycles. The van der Waals surface area contributed by atoms with Crippen molar-refractivity contribution in [3.8, 4) is 0 Å². The molecule has 8 heteroatoms. The average Bonchev–Trinajstić information content (AvgIpc) is 2.40. The number of hydrogen-bond acceptors (Lipinski definition) is 5. The Hall–Kier alpha value is -2.25. The minimum atomic E-state index is -1.08. The lowest BCUT2D eigenvalue weighted by Gasteiger charge is -2.25. The Morgan fingerprint density at radius 1 is 0.852 bits per heavy atom. The third-order valence-electron chi connectivity index (χ3n) is 2.99. The molecule has 156 valence electrons. The summed E-state index contributed by atoms with van der Waals surface area (Å²) in [4.78, 5) is 34.9. The Kier molecular flexibility index (Phi) is 8.82. The van der Waals surface area contributed by atoms with Crippen molar-refractivity contribution in [3.05, 3.63) is 11.6 Å². The van der Waals surface area contributed by atoms with Gasteiger partial charge in [-0.05, 0) is 48.0 Å². The first-order valence-corrected chi connectivity index (χ1v) is 8.89. The summed E-state index contributed by atoms with van der Waals surface area (Å²) in [6, 6.07) is 0. The van der Waals surface area contributed by atoms with E-state index in [1.807, 2.05) is 0 Å². The number of alkyl carbamates (subject to hydrolysis) is 2. The summed E-state index contributed by atoms with van der Waals surface area (Å²) in [6.45, 7) is 14.5. The van der Waals surface area contributed by atoms with Crippen LogP contribution in [0.15, 0.2) is 11.6 Å². The van der Waals surface area contributed by atoms with Crippen LogP contribution >= 0.6 is 0 Å². The van der Waals surface area contributed by atoms with Gasteiger partial charge in [0.1, 0.15) is 11.2 Å². The van der Waals surface area contributed by atoms with Gasteiger partial charge in [-0.3, -0.25) is 0 Å². The third kappa shape index (κ3) is 13.6. The monoisotopic (exact) mass is 386 g/mol. The van der Waals surface area contributed by atoms with Gasteiger partial charge >= 0.3 is 18.2 Å². The van der Waals surface area contributed by atoms with Crippen molar-refractivity contribution in [2.75, 3.05) is 13.1 Å². The molecule has 3 N–H and O–H groups in total. The van der Waals surface area contributed by atoms with Crippen LogP contribution in [0.4, 0.5) is 9.59 Å². The zero-order chi connectivity index (χ0) is 21.5. The first kappa shape index (κ1) is 24.8. The first-order chi connectivity index (χ1) is 12.0. The van der Waals surface area contributed by atoms with Crippen LogP contribution in [0.1, 0.15) is 61.8 Å². The van der Waals surface area contributed by atoms with Crippen molar-refractivity contribution in [1.82, 2.24) is 10.6 Å². The fraction of sp³-hybridized carbons (Fsp3) is 0.737. The van der Waals surface area contributed by atoms with Crippen LogP contribution in [0.5, 0.6) is 0 Å². The molecule has 0 heterocycles. The molecule has 0 aromatic carbocycles. The zero-order valence-electron chi connectivity index (χ0n) is 17.7. The predicted octanol–water partition coefficient (Wildman–Crippen LogP) is 3.46. The second kappa shape index (κ2) is 9.62. The summed E-state index contributed by atoms with van der Waals surface area (Å²) in [5, 5.41) is 14.6. The number of ether oxygens (including phenoxy) is 2. The van der Waals surface area contributed by atoms with Crippen molar-refractivity contribution in [2.24, 2.45) is 5.41 Å². The van der Waals surface area contributed by atoms with Crippen molar-refractivity contribution in [3.63, 3.8) is 0 Å². The molecule has 0 fully saturated rings. The number of carboxylic acids is 1. The Morgan fingerprint density at radius 2 is 1.30 bits per heavy atom. The highest BCUT2D eigenvalue weighted by Gasteiger charge is 2.22. The Labute approximate surface area is 161 Å². The lowest BCUT2D eigenvalue weighted by atomic mass is 9.89. The molecule has 0 spiro atoms. The van der Waals surface area contributed by atoms with E-state index in [2.05, 4.69) is 10.6 Å². The van der Waals surface area contributed by atoms with Gasteiger partial charge in [-0.15, -0.1) is 0 Å². The second-order valence-corrected chi connectivity index (χ2v) is 9.00. The SMILES string of the molecule is CC(C)(/C=C(/CCNC(=O)OC(C)(C)C)C(=O)O)CNC(=O)OC(C)(C)C. The van der Waals surface area contributed by atoms with E-state index >= 15 is 0 Å². The Morgan fingerprint density at radius 3 is 1.70 bits per heavy atom. The van der Waals surface area contributed by atoms with Gasteiger partial charge in [0.2, 0.25) is 0 Å². The Bertz CT molecular complexity index is 568. The quantitative estimate of drug-likeness (QED) is 0.577. The van der Waals surface area contributed by atoms with Crippen molar-refractivity contribution in [1.29, 1.82) is 0 Å². The normalized spacial score (nSPS) is 13.0. The highest BCUT2D eigenvalue weighted by atomic mass is 16.6. The molecule has 0 aromatic heterocycles. The molecule has 0 unspecified atom stereocenters. The van der Waals surface area contributed by atoms with Crippen molar-refractivity contribution in [2.45, 2.75) is 73.0 Å². The molecule has 0 saturated carbocycles. The van der Waals surface area contributed by atoms with E-state index in [0.29, 0.717) is 0 Å². The molecule has 0 rings (SSSR count). The van der Waals surface area contributed by atoms with Gasteiger partial charge in [0.25, 0.3) is 0 Å². The van der Waals surface area contributed by atoms with Gasteiger partial charge in [0.05, 0.1) is 0 Å². The van der Waals surface area contributed by atoms with Crippen molar-refractivity contribution < 1.29 is 29.0 Å². The summed E-state index contributed by atoms with van der Waals surface area (Å²) in [5.74, 6) is -1.08. The molecule has 0 atom stereocenters. The lowest BCUT2D eigenvalue weighted by molar-refractivity contribution is -0.132. The largest absolute Gasteiger partial charge is 0.478 e. The molecular weight excluding hydrogens is 352 g/mol. The topological polar surface area (TPSA) is 114 Å². The average molecular weight is 386 g/mol. The number of carbonyl (C=O) groups is 3. The van der Waals surface area contributed by atoms with E-state index in [0.717, 1.165) is 0 Å². The predicted molar refractivity (Wildman–Crippen MR) is 103 cm³/mol. The number of nitrogens with one attached hydrogen (secondary N) is 2. The summed E-state index contributed by atoms with van der Waals surface area (Å²) in [6.07, 6.45) is 0.541. The van der Waals surface area contributed by atoms with Crippen LogP contribution in [0.2, 0.25) is 0 Å². The minimum Gasteiger partial charge on any atom is -0.478 e. The summed E-state index contributed by atoms with van der Waals surface area (Å²) in [5.41, 5.74) is -1.70. The van der Waals surface area contributed by atoms with Gasteiger partial charge in [0.15, 0.2) is 0 Å². The summed E-state index contributed by atoms with van der Waals surface area (Å²) < 4.78 is 10.3. The molecular formula is C19H34N2O6. The fourth-order valence-corrected chi connectivity index (χ4v) is 1.99. The fourth-order valence-electron chi connectivity index (χ4n) is 1.99. The molecule has 0 bridgehead atoms. The summed E-state index contributed by atoms with van der Waals surface area (Å²) >= 11 is 0. The van der Waals surface area contributed by atoms with E-state index in [1.165, 1.54) is 0 Å². The van der Waals surface area contributed by atoms with Crippen LogP contribution in [0.25, 0.3) is 0 Å². The van der Waals surface area contributed by atoms with E-state index in [-0.39, 0.29) is 25.1 Å². The number of hydrogen-bond donors (Lipinski definition) is 3. The Balaban J connectivity index is 4.73. The standard InChI is InChI=1S/C19H34N2O6/c1-17(2,3)26-15(24)20-10-9-13(14(22)23)11-19(7,8)12-21-16(25)27-18(4,5)6/h11H,9-10,12H2,1-8H3,(H,20,24)(H,21,25)(H,22,23)/b13-11-. The number of amides is 2. The van der Waals surface area contributed by atoms with Gasteiger partial charge in [-0.1, -0.05) is 19.9 Å². The molecule has 0 aromatic rings. The van der Waals surface area contributed by atoms with E-state index in [9.17, 15) is 19.5 Å². The first-order valence-electron chi connectivity index (χ1n) is 8.89. The van der Waals surface area contributed by atoms with Crippen LogP contribution < -0.4 is 10.6 Å². The molecule has 0 saturated heterocycles. The maximum absolute atomic E-state index is 11.8. The molecule has 27 heavy (non-hydrogen) atoms. The maximum Gasteiger partial charge on any atom is 0.407 e.